The summed E-state index contributed by atoms with van der Waals surface area (Å²) in [6, 6.07) is 8.42. The van der Waals surface area contributed by atoms with Gasteiger partial charge in [0, 0.05) is 0 Å². The van der Waals surface area contributed by atoms with Gasteiger partial charge in [-0.3, -0.25) is 0 Å². The molecule has 18 heavy (non-hydrogen) atoms. The number of hydrogen-bond acceptors (Lipinski definition) is 3. The topological polar surface area (TPSA) is 58.6 Å². The van der Waals surface area contributed by atoms with Crippen molar-refractivity contribution < 1.29 is 14.6 Å². The van der Waals surface area contributed by atoms with Crippen LogP contribution in [0, 0.1) is 0 Å². The number of carbonyl (C=O) groups excluding carboxylic acids is 1. The highest BCUT2D eigenvalue weighted by Gasteiger charge is 2.23. The third-order valence-electron chi connectivity index (χ3n) is 2.04. The first-order valence-electron chi connectivity index (χ1n) is 5.08. The Labute approximate surface area is 120 Å². The number of ether oxygens (including phenoxy) is 1. The molecule has 1 aromatic rings. The molecule has 2 N–H and O–H groups in total. The van der Waals surface area contributed by atoms with E-state index in [1.165, 1.54) is 0 Å². The maximum absolute atomic E-state index is 11.4. The summed E-state index contributed by atoms with van der Waals surface area (Å²) in [7, 11) is 0. The van der Waals surface area contributed by atoms with Gasteiger partial charge in [0.1, 0.15) is 6.61 Å². The van der Waals surface area contributed by atoms with E-state index in [-0.39, 0.29) is 13.2 Å². The molecule has 1 rings (SSSR count). The number of nitrogens with one attached hydrogen (secondary N) is 1. The van der Waals surface area contributed by atoms with Gasteiger partial charge < -0.3 is 15.2 Å². The minimum absolute atomic E-state index is 0.257. The lowest BCUT2D eigenvalue weighted by Gasteiger charge is -2.18. The molecule has 0 saturated heterocycles. The molecule has 0 aliphatic rings. The number of aliphatic hydroxyl groups excluding tert-OH is 1. The summed E-state index contributed by atoms with van der Waals surface area (Å²) in [5, 5.41) is 11.7. The van der Waals surface area contributed by atoms with Crippen LogP contribution in [0.4, 0.5) is 4.79 Å². The number of alkyl carbamates (subject to hydrolysis) is 1. The van der Waals surface area contributed by atoms with Crippen LogP contribution in [0.15, 0.2) is 30.3 Å². The monoisotopic (exact) mass is 311 g/mol. The average molecular weight is 313 g/mol. The number of aliphatic hydroxyl groups is 1. The molecule has 0 aromatic heterocycles. The second-order valence-corrected chi connectivity index (χ2v) is 6.00. The molecule has 0 radical (unpaired) electrons. The van der Waals surface area contributed by atoms with E-state index in [0.717, 1.165) is 5.56 Å². The Kier molecular flexibility index (Phi) is 6.02. The standard InChI is InChI=1S/C11H12Cl3NO3/c12-11(13,14)7-18-10(17)15-9(6-16)8-4-2-1-3-5-8/h1-5,9,16H,6-7H2,(H,15,17). The first-order valence-corrected chi connectivity index (χ1v) is 6.21. The third kappa shape index (κ3) is 5.78. The fraction of sp³-hybridized carbons (Fsp3) is 0.364. The van der Waals surface area contributed by atoms with E-state index in [2.05, 4.69) is 5.32 Å². The van der Waals surface area contributed by atoms with Gasteiger partial charge in [0.05, 0.1) is 12.6 Å². The minimum atomic E-state index is -1.65. The highest BCUT2D eigenvalue weighted by Crippen LogP contribution is 2.26. The van der Waals surface area contributed by atoms with Gasteiger partial charge >= 0.3 is 6.09 Å². The summed E-state index contributed by atoms with van der Waals surface area (Å²) >= 11 is 16.3. The lowest BCUT2D eigenvalue weighted by Crippen LogP contribution is -2.33. The molecule has 100 valence electrons. The van der Waals surface area contributed by atoms with Gasteiger partial charge in [0.15, 0.2) is 0 Å². The number of carbonyl (C=O) groups is 1. The van der Waals surface area contributed by atoms with Crippen molar-refractivity contribution in [2.75, 3.05) is 13.2 Å². The Morgan fingerprint density at radius 3 is 2.44 bits per heavy atom. The zero-order valence-corrected chi connectivity index (χ0v) is 11.5. The number of halogens is 3. The van der Waals surface area contributed by atoms with Crippen LogP contribution in [0.2, 0.25) is 0 Å². The van der Waals surface area contributed by atoms with Gasteiger partial charge in [-0.1, -0.05) is 65.1 Å². The zero-order valence-electron chi connectivity index (χ0n) is 9.28. The largest absolute Gasteiger partial charge is 0.445 e. The van der Waals surface area contributed by atoms with Crippen LogP contribution in [0.25, 0.3) is 0 Å². The predicted octanol–water partition coefficient (Wildman–Crippen LogP) is 2.82. The van der Waals surface area contributed by atoms with Gasteiger partial charge in [-0.2, -0.15) is 0 Å². The summed E-state index contributed by atoms with van der Waals surface area (Å²) in [6.07, 6.45) is -0.760. The maximum atomic E-state index is 11.4. The summed E-state index contributed by atoms with van der Waals surface area (Å²) < 4.78 is 3.05. The second kappa shape index (κ2) is 7.04. The van der Waals surface area contributed by atoms with Crippen LogP contribution in [-0.4, -0.2) is 28.2 Å². The molecule has 1 atom stereocenters. The average Bonchev–Trinajstić information content (AvgIpc) is 2.33. The fourth-order valence-corrected chi connectivity index (χ4v) is 1.41. The Morgan fingerprint density at radius 2 is 1.94 bits per heavy atom. The maximum Gasteiger partial charge on any atom is 0.407 e. The second-order valence-electron chi connectivity index (χ2n) is 3.48. The Balaban J connectivity index is 2.51. The first kappa shape index (κ1) is 15.4. The van der Waals surface area contributed by atoms with Crippen molar-refractivity contribution >= 4 is 40.9 Å². The zero-order chi connectivity index (χ0) is 13.6. The normalized spacial score (nSPS) is 12.9. The van der Waals surface area contributed by atoms with Crippen LogP contribution in [0.1, 0.15) is 11.6 Å². The molecule has 4 nitrogen and oxygen atoms in total. The number of alkyl halides is 3. The number of rotatable bonds is 4. The van der Waals surface area contributed by atoms with Gasteiger partial charge in [-0.05, 0) is 5.56 Å². The van der Waals surface area contributed by atoms with E-state index in [0.29, 0.717) is 0 Å². The van der Waals surface area contributed by atoms with E-state index >= 15 is 0 Å². The summed E-state index contributed by atoms with van der Waals surface area (Å²) in [6.45, 7) is -0.622. The van der Waals surface area contributed by atoms with Crippen LogP contribution in [0.5, 0.6) is 0 Å². The van der Waals surface area contributed by atoms with Crippen molar-refractivity contribution in [1.29, 1.82) is 0 Å². The lowest BCUT2D eigenvalue weighted by atomic mass is 10.1. The van der Waals surface area contributed by atoms with Crippen molar-refractivity contribution in [1.82, 2.24) is 5.32 Å². The van der Waals surface area contributed by atoms with Crippen molar-refractivity contribution in [2.45, 2.75) is 9.83 Å². The van der Waals surface area contributed by atoms with E-state index < -0.39 is 15.9 Å². The summed E-state index contributed by atoms with van der Waals surface area (Å²) in [5.74, 6) is 0. The Bertz CT molecular complexity index is 381. The van der Waals surface area contributed by atoms with Crippen molar-refractivity contribution in [3.05, 3.63) is 35.9 Å². The van der Waals surface area contributed by atoms with Gasteiger partial charge in [-0.15, -0.1) is 0 Å². The molecule has 0 fully saturated rings. The molecule has 0 heterocycles. The van der Waals surface area contributed by atoms with Crippen LogP contribution in [-0.2, 0) is 4.74 Å². The fourth-order valence-electron chi connectivity index (χ4n) is 1.25. The number of hydrogen-bond donors (Lipinski definition) is 2. The summed E-state index contributed by atoms with van der Waals surface area (Å²) in [4.78, 5) is 11.4. The molecule has 0 saturated carbocycles. The molecule has 7 heteroatoms. The summed E-state index contributed by atoms with van der Waals surface area (Å²) in [5.41, 5.74) is 0.755. The molecule has 1 aromatic carbocycles. The molecular formula is C11H12Cl3NO3. The molecule has 0 bridgehead atoms. The lowest BCUT2D eigenvalue weighted by molar-refractivity contribution is 0.137. The van der Waals surface area contributed by atoms with E-state index in [1.807, 2.05) is 6.07 Å². The van der Waals surface area contributed by atoms with Crippen molar-refractivity contribution in [3.8, 4) is 0 Å². The van der Waals surface area contributed by atoms with Gasteiger partial charge in [0.2, 0.25) is 3.79 Å². The van der Waals surface area contributed by atoms with Crippen molar-refractivity contribution in [2.24, 2.45) is 0 Å². The third-order valence-corrected chi connectivity index (χ3v) is 2.37. The molecule has 1 unspecified atom stereocenters. The smallest absolute Gasteiger partial charge is 0.407 e. The first-order chi connectivity index (χ1) is 8.42. The quantitative estimate of drug-likeness (QED) is 0.841. The molecule has 1 amide bonds. The molecular weight excluding hydrogens is 300 g/mol. The van der Waals surface area contributed by atoms with Crippen LogP contribution < -0.4 is 5.32 Å². The number of benzene rings is 1. The minimum Gasteiger partial charge on any atom is -0.445 e. The highest BCUT2D eigenvalue weighted by atomic mass is 35.6. The van der Waals surface area contributed by atoms with Gasteiger partial charge in [0.25, 0.3) is 0 Å². The molecule has 0 aliphatic carbocycles. The SMILES string of the molecule is O=C(NC(CO)c1ccccc1)OCC(Cl)(Cl)Cl. The molecule has 0 aliphatic heterocycles. The van der Waals surface area contributed by atoms with E-state index in [4.69, 9.17) is 39.5 Å². The highest BCUT2D eigenvalue weighted by molar-refractivity contribution is 6.67. The Morgan fingerprint density at radius 1 is 1.33 bits per heavy atom. The van der Waals surface area contributed by atoms with E-state index in [1.54, 1.807) is 24.3 Å². The number of amides is 1. The van der Waals surface area contributed by atoms with Crippen LogP contribution >= 0.6 is 34.8 Å². The molecule has 0 spiro atoms. The van der Waals surface area contributed by atoms with Crippen LogP contribution in [0.3, 0.4) is 0 Å². The Hall–Kier alpha value is -0.680. The van der Waals surface area contributed by atoms with Gasteiger partial charge in [-0.25, -0.2) is 4.79 Å². The predicted molar refractivity (Wildman–Crippen MR) is 71.0 cm³/mol. The van der Waals surface area contributed by atoms with Crippen molar-refractivity contribution in [3.63, 3.8) is 0 Å². The van der Waals surface area contributed by atoms with E-state index in [9.17, 15) is 9.90 Å².